The molecule has 2 heterocycles. The minimum atomic E-state index is -0.0888. The van der Waals surface area contributed by atoms with Crippen molar-refractivity contribution in [2.75, 3.05) is 32.6 Å². The van der Waals surface area contributed by atoms with Crippen molar-refractivity contribution in [3.05, 3.63) is 77.7 Å². The number of ether oxygens (including phenoxy) is 1. The second-order valence-corrected chi connectivity index (χ2v) is 8.22. The summed E-state index contributed by atoms with van der Waals surface area (Å²) in [6, 6.07) is 18.9. The van der Waals surface area contributed by atoms with E-state index in [2.05, 4.69) is 5.32 Å². The number of aromatic nitrogens is 2. The standard InChI is InChI=1S/C25H29N5O2/c1-29(2)23-16-19(27-24(28-23)22-13-8-14-26-22)17-30(3)25(31)18-9-7-12-21(15-18)32-20-10-5-4-6-11-20/h4-7,9-12,15-16,22,26H,8,13-14,17H2,1-3H3/t22-/m0/s1. The maximum atomic E-state index is 13.1. The van der Waals surface area contributed by atoms with Crippen molar-refractivity contribution in [1.29, 1.82) is 0 Å². The number of benzene rings is 2. The first-order valence-corrected chi connectivity index (χ1v) is 10.9. The molecule has 0 unspecified atom stereocenters. The summed E-state index contributed by atoms with van der Waals surface area (Å²) in [4.78, 5) is 26.2. The van der Waals surface area contributed by atoms with Gasteiger partial charge in [0.15, 0.2) is 0 Å². The Bertz CT molecular complexity index is 1060. The normalized spacial score (nSPS) is 15.4. The molecule has 1 aromatic heterocycles. The van der Waals surface area contributed by atoms with Crippen LogP contribution in [0.25, 0.3) is 0 Å². The lowest BCUT2D eigenvalue weighted by atomic mass is 10.2. The van der Waals surface area contributed by atoms with Crippen LogP contribution in [-0.4, -0.2) is 48.5 Å². The molecule has 1 N–H and O–H groups in total. The fourth-order valence-electron chi connectivity index (χ4n) is 3.73. The molecule has 7 nitrogen and oxygen atoms in total. The second kappa shape index (κ2) is 9.78. The molecule has 0 aliphatic carbocycles. The van der Waals surface area contributed by atoms with Crippen LogP contribution in [0.15, 0.2) is 60.7 Å². The lowest BCUT2D eigenvalue weighted by molar-refractivity contribution is 0.0783. The summed E-state index contributed by atoms with van der Waals surface area (Å²) >= 11 is 0. The quantitative estimate of drug-likeness (QED) is 0.609. The van der Waals surface area contributed by atoms with Gasteiger partial charge in [-0.15, -0.1) is 0 Å². The van der Waals surface area contributed by atoms with Gasteiger partial charge >= 0.3 is 0 Å². The fourth-order valence-corrected chi connectivity index (χ4v) is 3.73. The molecule has 1 atom stereocenters. The third-order valence-corrected chi connectivity index (χ3v) is 5.42. The summed E-state index contributed by atoms with van der Waals surface area (Å²) < 4.78 is 5.88. The van der Waals surface area contributed by atoms with Crippen LogP contribution < -0.4 is 15.0 Å². The Morgan fingerprint density at radius 2 is 1.81 bits per heavy atom. The molecule has 7 heteroatoms. The summed E-state index contributed by atoms with van der Waals surface area (Å²) in [5.74, 6) is 2.91. The van der Waals surface area contributed by atoms with Crippen molar-refractivity contribution < 1.29 is 9.53 Å². The second-order valence-electron chi connectivity index (χ2n) is 8.22. The van der Waals surface area contributed by atoms with E-state index in [4.69, 9.17) is 14.7 Å². The Morgan fingerprint density at radius 3 is 2.53 bits per heavy atom. The number of rotatable bonds is 7. The lowest BCUT2D eigenvalue weighted by Gasteiger charge is -2.20. The van der Waals surface area contributed by atoms with E-state index in [9.17, 15) is 4.79 Å². The molecule has 2 aromatic carbocycles. The summed E-state index contributed by atoms with van der Waals surface area (Å²) in [7, 11) is 5.72. The summed E-state index contributed by atoms with van der Waals surface area (Å²) in [6.07, 6.45) is 2.15. The predicted molar refractivity (Wildman–Crippen MR) is 125 cm³/mol. The highest BCUT2D eigenvalue weighted by Gasteiger charge is 2.22. The molecule has 1 fully saturated rings. The Hall–Kier alpha value is -3.45. The minimum absolute atomic E-state index is 0.0888. The van der Waals surface area contributed by atoms with Crippen LogP contribution in [0.5, 0.6) is 11.5 Å². The van der Waals surface area contributed by atoms with Crippen LogP contribution in [0.1, 0.15) is 40.8 Å². The molecule has 1 aliphatic heterocycles. The first-order chi connectivity index (χ1) is 15.5. The Balaban J connectivity index is 1.50. The van der Waals surface area contributed by atoms with Crippen molar-refractivity contribution in [3.8, 4) is 11.5 Å². The SMILES string of the molecule is CN(Cc1cc(N(C)C)nc([C@@H]2CCCN2)n1)C(=O)c1cccc(Oc2ccccc2)c1. The Morgan fingerprint density at radius 1 is 1.03 bits per heavy atom. The van der Waals surface area contributed by atoms with Crippen LogP contribution in [0.4, 0.5) is 5.82 Å². The summed E-state index contributed by atoms with van der Waals surface area (Å²) in [6.45, 7) is 1.38. The average Bonchev–Trinajstić information content (AvgIpc) is 3.34. The predicted octanol–water partition coefficient (Wildman–Crippen LogP) is 4.03. The number of carbonyl (C=O) groups excluding carboxylic acids is 1. The third-order valence-electron chi connectivity index (χ3n) is 5.42. The van der Waals surface area contributed by atoms with E-state index in [1.807, 2.05) is 67.5 Å². The summed E-state index contributed by atoms with van der Waals surface area (Å²) in [5, 5.41) is 3.46. The molecular weight excluding hydrogens is 402 g/mol. The van der Waals surface area contributed by atoms with E-state index in [0.717, 1.165) is 42.5 Å². The largest absolute Gasteiger partial charge is 0.457 e. The molecule has 1 amide bonds. The van der Waals surface area contributed by atoms with Gasteiger partial charge in [-0.1, -0.05) is 24.3 Å². The molecular formula is C25H29N5O2. The molecule has 3 aromatic rings. The molecule has 166 valence electrons. The van der Waals surface area contributed by atoms with Crippen LogP contribution in [-0.2, 0) is 6.54 Å². The first-order valence-electron chi connectivity index (χ1n) is 10.9. The fraction of sp³-hybridized carbons (Fsp3) is 0.320. The van der Waals surface area contributed by atoms with Crippen molar-refractivity contribution in [2.24, 2.45) is 0 Å². The molecule has 0 bridgehead atoms. The van der Waals surface area contributed by atoms with Gasteiger partial charge in [-0.25, -0.2) is 9.97 Å². The molecule has 1 saturated heterocycles. The highest BCUT2D eigenvalue weighted by molar-refractivity contribution is 5.94. The monoisotopic (exact) mass is 431 g/mol. The number of nitrogens with zero attached hydrogens (tertiary/aromatic N) is 4. The zero-order valence-corrected chi connectivity index (χ0v) is 18.8. The highest BCUT2D eigenvalue weighted by Crippen LogP contribution is 2.24. The van der Waals surface area contributed by atoms with Gasteiger partial charge in [-0.2, -0.15) is 0 Å². The van der Waals surface area contributed by atoms with Crippen LogP contribution in [0.3, 0.4) is 0 Å². The first kappa shape index (κ1) is 21.8. The number of para-hydroxylation sites is 1. The van der Waals surface area contributed by atoms with Gasteiger partial charge in [0.1, 0.15) is 23.1 Å². The van der Waals surface area contributed by atoms with E-state index in [1.54, 1.807) is 24.1 Å². The van der Waals surface area contributed by atoms with Crippen molar-refractivity contribution in [3.63, 3.8) is 0 Å². The van der Waals surface area contributed by atoms with Crippen molar-refractivity contribution in [1.82, 2.24) is 20.2 Å². The van der Waals surface area contributed by atoms with E-state index in [-0.39, 0.29) is 11.9 Å². The molecule has 1 aliphatic rings. The summed E-state index contributed by atoms with van der Waals surface area (Å²) in [5.41, 5.74) is 1.39. The van der Waals surface area contributed by atoms with Crippen molar-refractivity contribution >= 4 is 11.7 Å². The molecule has 4 rings (SSSR count). The number of hydrogen-bond acceptors (Lipinski definition) is 6. The van der Waals surface area contributed by atoms with Gasteiger partial charge in [0, 0.05) is 32.8 Å². The van der Waals surface area contributed by atoms with Crippen LogP contribution in [0, 0.1) is 0 Å². The van der Waals surface area contributed by atoms with Gasteiger partial charge in [0.05, 0.1) is 18.3 Å². The van der Waals surface area contributed by atoms with Gasteiger partial charge in [0.25, 0.3) is 5.91 Å². The molecule has 0 radical (unpaired) electrons. The zero-order valence-electron chi connectivity index (χ0n) is 18.8. The number of nitrogens with one attached hydrogen (secondary N) is 1. The van der Waals surface area contributed by atoms with Gasteiger partial charge in [-0.3, -0.25) is 4.79 Å². The Kier molecular flexibility index (Phi) is 6.66. The van der Waals surface area contributed by atoms with E-state index < -0.39 is 0 Å². The zero-order chi connectivity index (χ0) is 22.5. The third kappa shape index (κ3) is 5.23. The van der Waals surface area contributed by atoms with Crippen LogP contribution >= 0.6 is 0 Å². The van der Waals surface area contributed by atoms with Crippen molar-refractivity contribution in [2.45, 2.75) is 25.4 Å². The van der Waals surface area contributed by atoms with E-state index >= 15 is 0 Å². The maximum absolute atomic E-state index is 13.1. The molecule has 0 saturated carbocycles. The van der Waals surface area contributed by atoms with E-state index in [0.29, 0.717) is 17.9 Å². The number of anilines is 1. The number of hydrogen-bond donors (Lipinski definition) is 1. The Labute approximate surface area is 189 Å². The van der Waals surface area contributed by atoms with Crippen LogP contribution in [0.2, 0.25) is 0 Å². The minimum Gasteiger partial charge on any atom is -0.457 e. The average molecular weight is 432 g/mol. The van der Waals surface area contributed by atoms with Gasteiger partial charge in [-0.05, 0) is 49.7 Å². The number of amides is 1. The van der Waals surface area contributed by atoms with E-state index in [1.165, 1.54) is 0 Å². The molecule has 32 heavy (non-hydrogen) atoms. The highest BCUT2D eigenvalue weighted by atomic mass is 16.5. The molecule has 0 spiro atoms. The topological polar surface area (TPSA) is 70.6 Å². The van der Waals surface area contributed by atoms with Gasteiger partial charge in [0.2, 0.25) is 0 Å². The smallest absolute Gasteiger partial charge is 0.254 e. The number of carbonyl (C=O) groups is 1. The van der Waals surface area contributed by atoms with Gasteiger partial charge < -0.3 is 19.9 Å². The maximum Gasteiger partial charge on any atom is 0.254 e. The lowest BCUT2D eigenvalue weighted by Crippen LogP contribution is -2.27.